The summed E-state index contributed by atoms with van der Waals surface area (Å²) in [6, 6.07) is 13.4. The second kappa shape index (κ2) is 6.56. The van der Waals surface area contributed by atoms with E-state index in [0.717, 1.165) is 5.56 Å². The van der Waals surface area contributed by atoms with Crippen molar-refractivity contribution in [2.75, 3.05) is 13.2 Å². The molecular formula is C16H20N2O3. The van der Waals surface area contributed by atoms with Crippen LogP contribution < -0.4 is 5.32 Å². The Labute approximate surface area is 123 Å². The van der Waals surface area contributed by atoms with Crippen molar-refractivity contribution in [1.29, 1.82) is 0 Å². The maximum atomic E-state index is 12.2. The van der Waals surface area contributed by atoms with Crippen molar-refractivity contribution in [3.8, 4) is 0 Å². The van der Waals surface area contributed by atoms with E-state index in [1.807, 2.05) is 47.2 Å². The third kappa shape index (κ3) is 4.18. The molecule has 3 N–H and O–H groups in total. The Bertz CT molecular complexity index is 591. The van der Waals surface area contributed by atoms with Gasteiger partial charge in [-0.2, -0.15) is 0 Å². The molecule has 0 spiro atoms. The van der Waals surface area contributed by atoms with Crippen molar-refractivity contribution < 1.29 is 15.0 Å². The smallest absolute Gasteiger partial charge is 0.268 e. The van der Waals surface area contributed by atoms with Crippen LogP contribution in [0.2, 0.25) is 0 Å². The van der Waals surface area contributed by atoms with Crippen LogP contribution in [0.1, 0.15) is 23.0 Å². The normalized spacial score (nSPS) is 13.7. The van der Waals surface area contributed by atoms with Crippen molar-refractivity contribution in [2.24, 2.45) is 0 Å². The van der Waals surface area contributed by atoms with E-state index in [2.05, 4.69) is 5.32 Å². The molecule has 112 valence electrons. The fourth-order valence-electron chi connectivity index (χ4n) is 1.96. The highest BCUT2D eigenvalue weighted by Gasteiger charge is 2.21. The minimum atomic E-state index is -1.31. The number of hydrogen-bond acceptors (Lipinski definition) is 3. The molecule has 0 aliphatic carbocycles. The molecule has 1 atom stereocenters. The van der Waals surface area contributed by atoms with Crippen LogP contribution in [0.15, 0.2) is 48.7 Å². The summed E-state index contributed by atoms with van der Waals surface area (Å²) < 4.78 is 1.85. The molecule has 0 radical (unpaired) electrons. The van der Waals surface area contributed by atoms with Gasteiger partial charge in [-0.1, -0.05) is 30.3 Å². The van der Waals surface area contributed by atoms with Gasteiger partial charge < -0.3 is 20.1 Å². The van der Waals surface area contributed by atoms with E-state index in [1.165, 1.54) is 6.92 Å². The van der Waals surface area contributed by atoms with Crippen molar-refractivity contribution in [1.82, 2.24) is 9.88 Å². The summed E-state index contributed by atoms with van der Waals surface area (Å²) in [7, 11) is 0. The Morgan fingerprint density at radius 1 is 1.24 bits per heavy atom. The predicted octanol–water partition coefficient (Wildman–Crippen LogP) is 1.01. The monoisotopic (exact) mass is 288 g/mol. The second-order valence-corrected chi connectivity index (χ2v) is 5.34. The second-order valence-electron chi connectivity index (χ2n) is 5.34. The predicted molar refractivity (Wildman–Crippen MR) is 80.0 cm³/mol. The number of aliphatic hydroxyl groups excluding tert-OH is 1. The molecule has 0 aliphatic rings. The van der Waals surface area contributed by atoms with Gasteiger partial charge in [-0.3, -0.25) is 4.79 Å². The molecular weight excluding hydrogens is 268 g/mol. The molecule has 5 nitrogen and oxygen atoms in total. The molecule has 0 saturated heterocycles. The van der Waals surface area contributed by atoms with Gasteiger partial charge in [-0.15, -0.1) is 0 Å². The molecule has 0 aliphatic heterocycles. The van der Waals surface area contributed by atoms with Gasteiger partial charge in [0.05, 0.1) is 6.61 Å². The Balaban J connectivity index is 2.04. The third-order valence-electron chi connectivity index (χ3n) is 3.23. The first-order valence-electron chi connectivity index (χ1n) is 6.82. The summed E-state index contributed by atoms with van der Waals surface area (Å²) in [5.74, 6) is -0.273. The molecule has 1 heterocycles. The van der Waals surface area contributed by atoms with Crippen LogP contribution in [-0.2, 0) is 6.54 Å². The zero-order valence-corrected chi connectivity index (χ0v) is 12.0. The lowest BCUT2D eigenvalue weighted by molar-refractivity contribution is 0.00313. The van der Waals surface area contributed by atoms with Crippen LogP contribution in [0.25, 0.3) is 0 Å². The Hall–Kier alpha value is -2.11. The highest BCUT2D eigenvalue weighted by atomic mass is 16.3. The zero-order chi connectivity index (χ0) is 15.3. The van der Waals surface area contributed by atoms with Crippen LogP contribution in [0, 0.1) is 0 Å². The summed E-state index contributed by atoms with van der Waals surface area (Å²) in [4.78, 5) is 12.2. The number of amides is 1. The largest absolute Gasteiger partial charge is 0.393 e. The Kier molecular flexibility index (Phi) is 4.77. The average molecular weight is 288 g/mol. The molecule has 1 aromatic heterocycles. The first kappa shape index (κ1) is 15.3. The fourth-order valence-corrected chi connectivity index (χ4v) is 1.96. The maximum Gasteiger partial charge on any atom is 0.268 e. The van der Waals surface area contributed by atoms with Gasteiger partial charge in [0.1, 0.15) is 11.3 Å². The summed E-state index contributed by atoms with van der Waals surface area (Å²) >= 11 is 0. The summed E-state index contributed by atoms with van der Waals surface area (Å²) in [5.41, 5.74) is 0.310. The number of benzene rings is 1. The van der Waals surface area contributed by atoms with Crippen LogP contribution >= 0.6 is 0 Å². The molecule has 1 aromatic carbocycles. The third-order valence-corrected chi connectivity index (χ3v) is 3.23. The maximum absolute atomic E-state index is 12.2. The van der Waals surface area contributed by atoms with Crippen LogP contribution in [-0.4, -0.2) is 39.4 Å². The van der Waals surface area contributed by atoms with Crippen LogP contribution in [0.4, 0.5) is 0 Å². The molecule has 1 unspecified atom stereocenters. The summed E-state index contributed by atoms with van der Waals surface area (Å²) in [5, 5.41) is 21.3. The van der Waals surface area contributed by atoms with Gasteiger partial charge in [0.25, 0.3) is 5.91 Å². The van der Waals surface area contributed by atoms with Crippen molar-refractivity contribution in [2.45, 2.75) is 19.1 Å². The SMILES string of the molecule is CC(O)(CO)CNC(=O)c1cccn1Cc1ccccc1. The Morgan fingerprint density at radius 2 is 1.95 bits per heavy atom. The first-order valence-corrected chi connectivity index (χ1v) is 6.82. The molecule has 5 heteroatoms. The summed E-state index contributed by atoms with van der Waals surface area (Å²) in [6.45, 7) is 1.67. The molecule has 1 amide bonds. The first-order chi connectivity index (χ1) is 10.0. The molecule has 21 heavy (non-hydrogen) atoms. The van der Waals surface area contributed by atoms with E-state index in [1.54, 1.807) is 6.07 Å². The van der Waals surface area contributed by atoms with Gasteiger partial charge in [-0.05, 0) is 24.6 Å². The molecule has 2 rings (SSSR count). The van der Waals surface area contributed by atoms with Gasteiger partial charge in [0, 0.05) is 19.3 Å². The van der Waals surface area contributed by atoms with Crippen molar-refractivity contribution >= 4 is 5.91 Å². The number of aromatic nitrogens is 1. The molecule has 0 fully saturated rings. The van der Waals surface area contributed by atoms with E-state index in [0.29, 0.717) is 12.2 Å². The summed E-state index contributed by atoms with van der Waals surface area (Å²) in [6.07, 6.45) is 1.84. The highest BCUT2D eigenvalue weighted by Crippen LogP contribution is 2.08. The van der Waals surface area contributed by atoms with Gasteiger partial charge >= 0.3 is 0 Å². The number of carbonyl (C=O) groups excluding carboxylic acids is 1. The highest BCUT2D eigenvalue weighted by molar-refractivity contribution is 5.92. The standard InChI is InChI=1S/C16H20N2O3/c1-16(21,12-19)11-17-15(20)14-8-5-9-18(14)10-13-6-3-2-4-7-13/h2-9,19,21H,10-12H2,1H3,(H,17,20). The molecule has 0 bridgehead atoms. The van der Waals surface area contributed by atoms with Gasteiger partial charge in [-0.25, -0.2) is 0 Å². The van der Waals surface area contributed by atoms with Crippen LogP contribution in [0.3, 0.4) is 0 Å². The Morgan fingerprint density at radius 3 is 2.62 bits per heavy atom. The van der Waals surface area contributed by atoms with Crippen molar-refractivity contribution in [3.63, 3.8) is 0 Å². The number of hydrogen-bond donors (Lipinski definition) is 3. The molecule has 2 aromatic rings. The van der Waals surface area contributed by atoms with Crippen molar-refractivity contribution in [3.05, 3.63) is 59.9 Å². The minimum Gasteiger partial charge on any atom is -0.393 e. The minimum absolute atomic E-state index is 0.00114. The van der Waals surface area contributed by atoms with E-state index in [4.69, 9.17) is 5.11 Å². The van der Waals surface area contributed by atoms with E-state index in [9.17, 15) is 9.90 Å². The fraction of sp³-hybridized carbons (Fsp3) is 0.312. The number of aliphatic hydroxyl groups is 2. The molecule has 0 saturated carbocycles. The van der Waals surface area contributed by atoms with Gasteiger partial charge in [0.2, 0.25) is 0 Å². The topological polar surface area (TPSA) is 74.5 Å². The lowest BCUT2D eigenvalue weighted by atomic mass is 10.1. The number of carbonyl (C=O) groups is 1. The average Bonchev–Trinajstić information content (AvgIpc) is 2.94. The van der Waals surface area contributed by atoms with E-state index in [-0.39, 0.29) is 12.5 Å². The quantitative estimate of drug-likeness (QED) is 0.742. The number of nitrogens with zero attached hydrogens (tertiary/aromatic N) is 1. The van der Waals surface area contributed by atoms with Crippen LogP contribution in [0.5, 0.6) is 0 Å². The van der Waals surface area contributed by atoms with E-state index >= 15 is 0 Å². The number of rotatable bonds is 6. The van der Waals surface area contributed by atoms with Gasteiger partial charge in [0.15, 0.2) is 0 Å². The number of nitrogens with one attached hydrogen (secondary N) is 1. The zero-order valence-electron chi connectivity index (χ0n) is 12.0. The lowest BCUT2D eigenvalue weighted by Crippen LogP contribution is -2.43. The van der Waals surface area contributed by atoms with E-state index < -0.39 is 12.2 Å². The lowest BCUT2D eigenvalue weighted by Gasteiger charge is -2.20.